The van der Waals surface area contributed by atoms with Gasteiger partial charge in [-0.05, 0) is 25.0 Å². The maximum absolute atomic E-state index is 14.5. The van der Waals surface area contributed by atoms with E-state index >= 15 is 0 Å². The second kappa shape index (κ2) is 5.76. The first-order chi connectivity index (χ1) is 13.0. The largest absolute Gasteiger partial charge is 0.350 e. The van der Waals surface area contributed by atoms with Crippen LogP contribution in [0.1, 0.15) is 12.8 Å². The van der Waals surface area contributed by atoms with Crippen molar-refractivity contribution in [3.05, 3.63) is 46.9 Å². The Labute approximate surface area is 157 Å². The van der Waals surface area contributed by atoms with Gasteiger partial charge in [0.2, 0.25) is 0 Å². The maximum Gasteiger partial charge on any atom is 0.168 e. The van der Waals surface area contributed by atoms with Crippen LogP contribution in [0.25, 0.3) is 10.9 Å². The van der Waals surface area contributed by atoms with Gasteiger partial charge in [-0.3, -0.25) is 5.10 Å². The van der Waals surface area contributed by atoms with E-state index in [2.05, 4.69) is 20.1 Å². The number of pyridine rings is 1. The summed E-state index contributed by atoms with van der Waals surface area (Å²) in [6.45, 7) is 1.52. The minimum atomic E-state index is -0.701. The van der Waals surface area contributed by atoms with E-state index in [-0.39, 0.29) is 11.4 Å². The zero-order valence-electron chi connectivity index (χ0n) is 14.1. The molecule has 0 unspecified atom stereocenters. The second-order valence-electron chi connectivity index (χ2n) is 7.11. The molecule has 140 valence electrons. The number of H-pyrrole nitrogens is 1. The summed E-state index contributed by atoms with van der Waals surface area (Å²) in [5, 5.41) is 7.89. The number of nitrogens with one attached hydrogen (secondary N) is 1. The molecule has 1 aliphatic carbocycles. The fraction of sp³-hybridized carbons (Fsp3) is 0.333. The molecule has 1 aliphatic heterocycles. The molecule has 5 nitrogen and oxygen atoms in total. The number of hydrogen-bond acceptors (Lipinski definition) is 4. The van der Waals surface area contributed by atoms with Crippen molar-refractivity contribution in [1.82, 2.24) is 15.2 Å². The van der Waals surface area contributed by atoms with Crippen LogP contribution in [-0.2, 0) is 0 Å². The van der Waals surface area contributed by atoms with Gasteiger partial charge in [-0.2, -0.15) is 5.10 Å². The molecule has 1 N–H and O–H groups in total. The lowest BCUT2D eigenvalue weighted by Gasteiger charge is -2.43. The Bertz CT molecular complexity index is 1050. The van der Waals surface area contributed by atoms with Crippen LogP contribution >= 0.6 is 11.6 Å². The van der Waals surface area contributed by atoms with Crippen LogP contribution in [0, 0.1) is 17.5 Å². The molecule has 0 amide bonds. The summed E-state index contributed by atoms with van der Waals surface area (Å²) < 4.78 is 41.8. The number of hydrogen-bond donors (Lipinski definition) is 1. The van der Waals surface area contributed by atoms with Crippen LogP contribution in [0.5, 0.6) is 0 Å². The van der Waals surface area contributed by atoms with Crippen molar-refractivity contribution in [2.75, 3.05) is 29.4 Å². The smallest absolute Gasteiger partial charge is 0.168 e. The second-order valence-corrected chi connectivity index (χ2v) is 7.55. The standard InChI is InChI=1S/C18H15ClF3N5/c19-10-5-12(21)15-14(6-10)24-25-17(15)27-4-3-26(9-18(27)1-2-18)16-13(22)7-11(20)8-23-16/h5-8H,1-4,9H2,(H,24,25). The molecule has 3 heterocycles. The Balaban J connectivity index is 1.49. The molecule has 2 fully saturated rings. The fourth-order valence-electron chi connectivity index (χ4n) is 3.95. The van der Waals surface area contributed by atoms with Crippen LogP contribution < -0.4 is 9.80 Å². The predicted molar refractivity (Wildman–Crippen MR) is 96.7 cm³/mol. The zero-order valence-corrected chi connectivity index (χ0v) is 14.9. The van der Waals surface area contributed by atoms with Crippen molar-refractivity contribution in [3.63, 3.8) is 0 Å². The highest BCUT2D eigenvalue weighted by Gasteiger charge is 2.53. The average Bonchev–Trinajstić information content (AvgIpc) is 3.23. The third-order valence-electron chi connectivity index (χ3n) is 5.38. The zero-order chi connectivity index (χ0) is 18.8. The fourth-order valence-corrected chi connectivity index (χ4v) is 4.16. The highest BCUT2D eigenvalue weighted by atomic mass is 35.5. The molecule has 3 aromatic rings. The average molecular weight is 394 g/mol. The number of aromatic nitrogens is 3. The quantitative estimate of drug-likeness (QED) is 0.717. The maximum atomic E-state index is 14.5. The molecule has 0 atom stereocenters. The van der Waals surface area contributed by atoms with Crippen LogP contribution in [0.2, 0.25) is 5.02 Å². The first-order valence-electron chi connectivity index (χ1n) is 8.64. The van der Waals surface area contributed by atoms with E-state index in [1.54, 1.807) is 6.07 Å². The summed E-state index contributed by atoms with van der Waals surface area (Å²) in [5.74, 6) is -1.11. The Morgan fingerprint density at radius 2 is 1.85 bits per heavy atom. The van der Waals surface area contributed by atoms with Gasteiger partial charge in [0, 0.05) is 30.7 Å². The minimum Gasteiger partial charge on any atom is -0.350 e. The molecular formula is C18H15ClF3N5. The molecule has 0 bridgehead atoms. The number of halogens is 4. The molecule has 27 heavy (non-hydrogen) atoms. The molecular weight excluding hydrogens is 379 g/mol. The Morgan fingerprint density at radius 3 is 2.59 bits per heavy atom. The number of nitrogens with zero attached hydrogens (tertiary/aromatic N) is 4. The van der Waals surface area contributed by atoms with E-state index in [1.807, 2.05) is 4.90 Å². The molecule has 1 aromatic carbocycles. The lowest BCUT2D eigenvalue weighted by molar-refractivity contribution is 0.490. The van der Waals surface area contributed by atoms with Gasteiger partial charge in [0.15, 0.2) is 17.5 Å². The topological polar surface area (TPSA) is 48.1 Å². The van der Waals surface area contributed by atoms with Gasteiger partial charge in [-0.25, -0.2) is 18.2 Å². The summed E-state index contributed by atoms with van der Waals surface area (Å²) in [6, 6.07) is 3.76. The molecule has 5 rings (SSSR count). The lowest BCUT2D eigenvalue weighted by atomic mass is 10.1. The lowest BCUT2D eigenvalue weighted by Crippen LogP contribution is -2.56. The molecule has 2 aliphatic rings. The van der Waals surface area contributed by atoms with Gasteiger partial charge < -0.3 is 9.80 Å². The van der Waals surface area contributed by atoms with E-state index in [0.29, 0.717) is 41.4 Å². The van der Waals surface area contributed by atoms with Crippen molar-refractivity contribution in [2.45, 2.75) is 18.4 Å². The normalized spacial score (nSPS) is 18.5. The van der Waals surface area contributed by atoms with Gasteiger partial charge in [0.05, 0.1) is 22.6 Å². The summed E-state index contributed by atoms with van der Waals surface area (Å²) in [4.78, 5) is 7.82. The number of piperazine rings is 1. The summed E-state index contributed by atoms with van der Waals surface area (Å²) in [5.41, 5.74) is 0.286. The highest BCUT2D eigenvalue weighted by molar-refractivity contribution is 6.31. The monoisotopic (exact) mass is 393 g/mol. The molecule has 1 saturated heterocycles. The van der Waals surface area contributed by atoms with E-state index in [9.17, 15) is 13.2 Å². The molecule has 1 saturated carbocycles. The summed E-state index contributed by atoms with van der Waals surface area (Å²) in [6.07, 6.45) is 2.79. The molecule has 2 aromatic heterocycles. The highest BCUT2D eigenvalue weighted by Crippen LogP contribution is 2.48. The van der Waals surface area contributed by atoms with Gasteiger partial charge in [0.25, 0.3) is 0 Å². The van der Waals surface area contributed by atoms with Gasteiger partial charge in [-0.15, -0.1) is 0 Å². The van der Waals surface area contributed by atoms with Gasteiger partial charge >= 0.3 is 0 Å². The van der Waals surface area contributed by atoms with Crippen molar-refractivity contribution in [3.8, 4) is 0 Å². The van der Waals surface area contributed by atoms with Crippen LogP contribution in [0.4, 0.5) is 24.8 Å². The minimum absolute atomic E-state index is 0.146. The van der Waals surface area contributed by atoms with Crippen molar-refractivity contribution in [1.29, 1.82) is 0 Å². The third-order valence-corrected chi connectivity index (χ3v) is 5.60. The predicted octanol–water partition coefficient (Wildman–Crippen LogP) is 3.89. The Morgan fingerprint density at radius 1 is 1.04 bits per heavy atom. The van der Waals surface area contributed by atoms with Gasteiger partial charge in [0.1, 0.15) is 11.6 Å². The van der Waals surface area contributed by atoms with E-state index in [0.717, 1.165) is 25.1 Å². The van der Waals surface area contributed by atoms with E-state index < -0.39 is 17.5 Å². The number of aromatic amines is 1. The molecule has 1 spiro atoms. The first kappa shape index (κ1) is 16.7. The van der Waals surface area contributed by atoms with Crippen LogP contribution in [0.15, 0.2) is 24.4 Å². The Hall–Kier alpha value is -2.48. The number of fused-ring (bicyclic) bond motifs is 1. The molecule has 0 radical (unpaired) electrons. The van der Waals surface area contributed by atoms with Crippen molar-refractivity contribution >= 4 is 34.1 Å². The van der Waals surface area contributed by atoms with Crippen LogP contribution in [0.3, 0.4) is 0 Å². The number of benzene rings is 1. The van der Waals surface area contributed by atoms with Gasteiger partial charge in [-0.1, -0.05) is 11.6 Å². The Kier molecular flexibility index (Phi) is 3.56. The summed E-state index contributed by atoms with van der Waals surface area (Å²) in [7, 11) is 0. The SMILES string of the molecule is Fc1cnc(N2CCN(c3n[nH]c4cc(Cl)cc(F)c34)C3(CC3)C2)c(F)c1. The van der Waals surface area contributed by atoms with Crippen LogP contribution in [-0.4, -0.2) is 40.4 Å². The number of anilines is 2. The van der Waals surface area contributed by atoms with Crippen molar-refractivity contribution in [2.24, 2.45) is 0 Å². The van der Waals surface area contributed by atoms with E-state index in [1.165, 1.54) is 6.07 Å². The van der Waals surface area contributed by atoms with E-state index in [4.69, 9.17) is 11.6 Å². The first-order valence-corrected chi connectivity index (χ1v) is 9.01. The summed E-state index contributed by atoms with van der Waals surface area (Å²) >= 11 is 5.92. The molecule has 9 heteroatoms. The number of rotatable bonds is 2. The third kappa shape index (κ3) is 2.62. The van der Waals surface area contributed by atoms with Crippen molar-refractivity contribution < 1.29 is 13.2 Å².